The number of furan rings is 1. The maximum absolute atomic E-state index is 12.7. The van der Waals surface area contributed by atoms with Gasteiger partial charge >= 0.3 is 0 Å². The summed E-state index contributed by atoms with van der Waals surface area (Å²) in [5.74, 6) is 1.53. The van der Waals surface area contributed by atoms with Crippen LogP contribution in [0.3, 0.4) is 0 Å². The first-order valence-corrected chi connectivity index (χ1v) is 10.8. The zero-order valence-corrected chi connectivity index (χ0v) is 18.1. The van der Waals surface area contributed by atoms with Gasteiger partial charge in [-0.3, -0.25) is 4.79 Å². The maximum Gasteiger partial charge on any atom is 0.291 e. The summed E-state index contributed by atoms with van der Waals surface area (Å²) in [6, 6.07) is 18.9. The molecule has 158 valence electrons. The Morgan fingerprint density at radius 1 is 1.16 bits per heavy atom. The number of amides is 1. The second kappa shape index (κ2) is 9.49. The van der Waals surface area contributed by atoms with E-state index in [-0.39, 0.29) is 17.7 Å². The van der Waals surface area contributed by atoms with Crippen molar-refractivity contribution >= 4 is 28.1 Å². The standard InChI is InChI=1S/C24H23N3O3S/c1-3-18-15-19(24(31-18)27-23(28)20-7-6-14-30-20)22(26-21-8-4-5-13-25-21)16-9-11-17(29-2)12-10-16/h4-15,22H,3H2,1-2H3,(H,25,26)(H,27,28)/t22-/m0/s1. The fourth-order valence-electron chi connectivity index (χ4n) is 3.25. The predicted molar refractivity (Wildman–Crippen MR) is 123 cm³/mol. The van der Waals surface area contributed by atoms with Crippen LogP contribution in [0.2, 0.25) is 0 Å². The summed E-state index contributed by atoms with van der Waals surface area (Å²) in [4.78, 5) is 18.3. The largest absolute Gasteiger partial charge is 0.497 e. The molecule has 0 bridgehead atoms. The number of benzene rings is 1. The van der Waals surface area contributed by atoms with Crippen LogP contribution in [0, 0.1) is 0 Å². The second-order valence-electron chi connectivity index (χ2n) is 6.85. The Balaban J connectivity index is 1.74. The van der Waals surface area contributed by atoms with Gasteiger partial charge in [-0.1, -0.05) is 25.1 Å². The molecule has 4 rings (SSSR count). The molecule has 0 saturated carbocycles. The van der Waals surface area contributed by atoms with Crippen LogP contribution >= 0.6 is 11.3 Å². The maximum atomic E-state index is 12.7. The molecule has 7 heteroatoms. The quantitative estimate of drug-likeness (QED) is 0.369. The van der Waals surface area contributed by atoms with Crippen molar-refractivity contribution in [3.63, 3.8) is 0 Å². The highest BCUT2D eigenvalue weighted by molar-refractivity contribution is 7.16. The molecule has 6 nitrogen and oxygen atoms in total. The Morgan fingerprint density at radius 2 is 2.00 bits per heavy atom. The molecule has 1 amide bonds. The van der Waals surface area contributed by atoms with Crippen LogP contribution in [0.4, 0.5) is 10.8 Å². The Kier molecular flexibility index (Phi) is 6.33. The van der Waals surface area contributed by atoms with Gasteiger partial charge in [-0.05, 0) is 54.4 Å². The van der Waals surface area contributed by atoms with Gasteiger partial charge in [0.05, 0.1) is 19.4 Å². The molecule has 0 radical (unpaired) electrons. The van der Waals surface area contributed by atoms with Gasteiger partial charge in [-0.15, -0.1) is 11.3 Å². The van der Waals surface area contributed by atoms with Gasteiger partial charge in [-0.25, -0.2) is 4.98 Å². The van der Waals surface area contributed by atoms with Crippen LogP contribution in [0.1, 0.15) is 39.5 Å². The van der Waals surface area contributed by atoms with Gasteiger partial charge in [0.25, 0.3) is 5.91 Å². The number of thiophene rings is 1. The lowest BCUT2D eigenvalue weighted by atomic mass is 9.99. The molecule has 0 aliphatic carbocycles. The number of nitrogens with zero attached hydrogens (tertiary/aromatic N) is 1. The fraction of sp³-hybridized carbons (Fsp3) is 0.167. The van der Waals surface area contributed by atoms with Gasteiger partial charge in [0.2, 0.25) is 0 Å². The summed E-state index contributed by atoms with van der Waals surface area (Å²) < 4.78 is 10.6. The number of anilines is 2. The SMILES string of the molecule is CCc1cc([C@@H](Nc2ccccn2)c2ccc(OC)cc2)c(NC(=O)c2ccco2)s1. The van der Waals surface area contributed by atoms with Crippen molar-refractivity contribution in [2.24, 2.45) is 0 Å². The highest BCUT2D eigenvalue weighted by atomic mass is 32.1. The van der Waals surface area contributed by atoms with Crippen LogP contribution < -0.4 is 15.4 Å². The van der Waals surface area contributed by atoms with Crippen LogP contribution in [-0.4, -0.2) is 18.0 Å². The van der Waals surface area contributed by atoms with Gasteiger partial charge < -0.3 is 19.8 Å². The number of methoxy groups -OCH3 is 1. The molecule has 3 aromatic heterocycles. The number of pyridine rings is 1. The number of carbonyl (C=O) groups is 1. The third kappa shape index (κ3) is 4.78. The lowest BCUT2D eigenvalue weighted by Crippen LogP contribution is -2.16. The van der Waals surface area contributed by atoms with Crippen molar-refractivity contribution in [2.75, 3.05) is 17.7 Å². The van der Waals surface area contributed by atoms with Gasteiger partial charge in [0.15, 0.2) is 5.76 Å². The molecule has 0 aliphatic heterocycles. The minimum atomic E-state index is -0.276. The topological polar surface area (TPSA) is 76.4 Å². The van der Waals surface area contributed by atoms with Crippen LogP contribution in [0.5, 0.6) is 5.75 Å². The van der Waals surface area contributed by atoms with E-state index in [2.05, 4.69) is 28.6 Å². The number of aryl methyl sites for hydroxylation is 1. The van der Waals surface area contributed by atoms with Crippen LogP contribution in [0.15, 0.2) is 77.5 Å². The summed E-state index contributed by atoms with van der Waals surface area (Å²) in [5.41, 5.74) is 2.00. The molecular formula is C24H23N3O3S. The zero-order valence-electron chi connectivity index (χ0n) is 17.3. The van der Waals surface area contributed by atoms with Crippen LogP contribution in [-0.2, 0) is 6.42 Å². The van der Waals surface area contributed by atoms with Crippen molar-refractivity contribution in [1.82, 2.24) is 4.98 Å². The Labute approximate surface area is 184 Å². The lowest BCUT2D eigenvalue weighted by molar-refractivity contribution is 0.0997. The molecule has 0 unspecified atom stereocenters. The van der Waals surface area contributed by atoms with E-state index in [1.165, 1.54) is 11.1 Å². The van der Waals surface area contributed by atoms with Gasteiger partial charge in [0, 0.05) is 16.6 Å². The predicted octanol–water partition coefficient (Wildman–Crippen LogP) is 5.76. The molecule has 0 fully saturated rings. The number of ether oxygens (including phenoxy) is 1. The van der Waals surface area contributed by atoms with E-state index in [1.807, 2.05) is 42.5 Å². The highest BCUT2D eigenvalue weighted by Gasteiger charge is 2.23. The third-order valence-electron chi connectivity index (χ3n) is 4.85. The van der Waals surface area contributed by atoms with Crippen molar-refractivity contribution in [3.8, 4) is 5.75 Å². The third-order valence-corrected chi connectivity index (χ3v) is 6.06. The Bertz CT molecular complexity index is 1120. The summed E-state index contributed by atoms with van der Waals surface area (Å²) in [6.07, 6.45) is 4.11. The van der Waals surface area contributed by atoms with E-state index in [0.29, 0.717) is 0 Å². The highest BCUT2D eigenvalue weighted by Crippen LogP contribution is 2.38. The summed E-state index contributed by atoms with van der Waals surface area (Å²) in [5, 5.41) is 7.32. The molecule has 1 atom stereocenters. The minimum absolute atomic E-state index is 0.218. The normalized spacial score (nSPS) is 11.7. The number of hydrogen-bond donors (Lipinski definition) is 2. The number of hydrogen-bond acceptors (Lipinski definition) is 6. The van der Waals surface area contributed by atoms with Crippen molar-refractivity contribution < 1.29 is 13.9 Å². The van der Waals surface area contributed by atoms with E-state index >= 15 is 0 Å². The Hall–Kier alpha value is -3.58. The zero-order chi connectivity index (χ0) is 21.6. The first kappa shape index (κ1) is 20.7. The first-order valence-electron chi connectivity index (χ1n) is 9.97. The number of rotatable bonds is 8. The molecule has 0 aliphatic rings. The Morgan fingerprint density at radius 3 is 2.65 bits per heavy atom. The summed E-state index contributed by atoms with van der Waals surface area (Å²) in [7, 11) is 1.65. The van der Waals surface area contributed by atoms with Crippen molar-refractivity contribution in [2.45, 2.75) is 19.4 Å². The van der Waals surface area contributed by atoms with Crippen molar-refractivity contribution in [3.05, 3.63) is 94.9 Å². The molecular weight excluding hydrogens is 410 g/mol. The number of aromatic nitrogens is 1. The molecule has 0 saturated heterocycles. The molecule has 2 N–H and O–H groups in total. The molecule has 4 aromatic rings. The van der Waals surface area contributed by atoms with Crippen LogP contribution in [0.25, 0.3) is 0 Å². The molecule has 0 spiro atoms. The van der Waals surface area contributed by atoms with E-state index in [1.54, 1.807) is 36.8 Å². The summed E-state index contributed by atoms with van der Waals surface area (Å²) >= 11 is 1.57. The van der Waals surface area contributed by atoms with E-state index in [4.69, 9.17) is 9.15 Å². The van der Waals surface area contributed by atoms with Crippen molar-refractivity contribution in [1.29, 1.82) is 0 Å². The van der Waals surface area contributed by atoms with Gasteiger partial charge in [-0.2, -0.15) is 0 Å². The second-order valence-corrected chi connectivity index (χ2v) is 7.98. The first-order chi connectivity index (χ1) is 15.2. The van der Waals surface area contributed by atoms with Gasteiger partial charge in [0.1, 0.15) is 16.6 Å². The molecule has 3 heterocycles. The number of nitrogens with one attached hydrogen (secondary N) is 2. The van der Waals surface area contributed by atoms with E-state index in [9.17, 15) is 4.79 Å². The fourth-order valence-corrected chi connectivity index (χ4v) is 4.28. The minimum Gasteiger partial charge on any atom is -0.497 e. The van der Waals surface area contributed by atoms with E-state index in [0.717, 1.165) is 34.1 Å². The summed E-state index contributed by atoms with van der Waals surface area (Å²) in [6.45, 7) is 2.10. The molecule has 1 aromatic carbocycles. The average Bonchev–Trinajstić information content (AvgIpc) is 3.49. The smallest absolute Gasteiger partial charge is 0.291 e. The molecule has 31 heavy (non-hydrogen) atoms. The average molecular weight is 434 g/mol. The lowest BCUT2D eigenvalue weighted by Gasteiger charge is -2.21. The van der Waals surface area contributed by atoms with E-state index < -0.39 is 0 Å². The monoisotopic (exact) mass is 433 g/mol. The number of carbonyl (C=O) groups excluding carboxylic acids is 1.